The molecule has 0 radical (unpaired) electrons. The summed E-state index contributed by atoms with van der Waals surface area (Å²) in [6.45, 7) is 6.66. The number of rotatable bonds is 5. The summed E-state index contributed by atoms with van der Waals surface area (Å²) >= 11 is 3.65. The number of hydrogen-bond acceptors (Lipinski definition) is 4. The molecule has 27 heavy (non-hydrogen) atoms. The zero-order valence-corrected chi connectivity index (χ0v) is 17.1. The minimum absolute atomic E-state index is 0.114. The predicted octanol–water partition coefficient (Wildman–Crippen LogP) is 4.39. The van der Waals surface area contributed by atoms with E-state index in [-0.39, 0.29) is 6.04 Å². The molecule has 3 aromatic rings. The Morgan fingerprint density at radius 1 is 1.15 bits per heavy atom. The Kier molecular flexibility index (Phi) is 5.72. The summed E-state index contributed by atoms with van der Waals surface area (Å²) in [5.41, 5.74) is 3.42. The van der Waals surface area contributed by atoms with Gasteiger partial charge in [0.1, 0.15) is 5.75 Å². The van der Waals surface area contributed by atoms with E-state index in [4.69, 9.17) is 9.72 Å². The van der Waals surface area contributed by atoms with E-state index in [0.29, 0.717) is 6.61 Å². The predicted molar refractivity (Wildman–Crippen MR) is 113 cm³/mol. The zero-order valence-electron chi connectivity index (χ0n) is 15.5. The third-order valence-electron chi connectivity index (χ3n) is 5.01. The fourth-order valence-electron chi connectivity index (χ4n) is 3.78. The topological polar surface area (TPSA) is 37.4 Å². The number of ether oxygens (including phenoxy) is 1. The number of hydrogen-bond donors (Lipinski definition) is 1. The molecule has 0 bridgehead atoms. The van der Waals surface area contributed by atoms with Crippen LogP contribution in [0.1, 0.15) is 24.1 Å². The molecule has 1 aliphatic rings. The molecule has 0 spiro atoms. The Hall–Kier alpha value is -1.95. The highest BCUT2D eigenvalue weighted by molar-refractivity contribution is 9.10. The van der Waals surface area contributed by atoms with Crippen molar-refractivity contribution in [2.24, 2.45) is 0 Å². The lowest BCUT2D eigenvalue weighted by Crippen LogP contribution is -2.45. The largest absolute Gasteiger partial charge is 0.494 e. The average molecular weight is 426 g/mol. The minimum Gasteiger partial charge on any atom is -0.494 e. The van der Waals surface area contributed by atoms with Crippen LogP contribution in [0, 0.1) is 0 Å². The van der Waals surface area contributed by atoms with E-state index in [1.807, 2.05) is 25.3 Å². The number of nitrogens with zero attached hydrogens (tertiary/aromatic N) is 2. The number of fused-ring (bicyclic) bond motifs is 1. The van der Waals surface area contributed by atoms with E-state index in [0.717, 1.165) is 41.9 Å². The van der Waals surface area contributed by atoms with Crippen LogP contribution >= 0.6 is 15.9 Å². The number of aromatic nitrogens is 1. The van der Waals surface area contributed by atoms with E-state index in [2.05, 4.69) is 62.5 Å². The molecule has 1 atom stereocenters. The molecule has 5 heteroatoms. The second-order valence-corrected chi connectivity index (χ2v) is 7.68. The van der Waals surface area contributed by atoms with Gasteiger partial charge in [-0.05, 0) is 42.8 Å². The lowest BCUT2D eigenvalue weighted by molar-refractivity contribution is 0.194. The van der Waals surface area contributed by atoms with Crippen molar-refractivity contribution in [2.45, 2.75) is 13.0 Å². The number of para-hydroxylation sites is 1. The summed E-state index contributed by atoms with van der Waals surface area (Å²) in [5.74, 6) is 0.942. The second kappa shape index (κ2) is 8.38. The van der Waals surface area contributed by atoms with E-state index in [1.165, 1.54) is 16.5 Å². The summed E-state index contributed by atoms with van der Waals surface area (Å²) in [6.07, 6.45) is 2.02. The fraction of sp³-hybridized carbons (Fsp3) is 0.318. The van der Waals surface area contributed by atoms with Crippen molar-refractivity contribution in [3.8, 4) is 5.75 Å². The van der Waals surface area contributed by atoms with Gasteiger partial charge in [0.25, 0.3) is 0 Å². The van der Waals surface area contributed by atoms with Gasteiger partial charge in [-0.25, -0.2) is 0 Å². The van der Waals surface area contributed by atoms with Crippen molar-refractivity contribution in [3.05, 3.63) is 70.3 Å². The summed E-state index contributed by atoms with van der Waals surface area (Å²) in [6, 6.07) is 17.0. The average Bonchev–Trinajstić information content (AvgIpc) is 2.71. The summed E-state index contributed by atoms with van der Waals surface area (Å²) < 4.78 is 7.05. The molecule has 0 amide bonds. The van der Waals surface area contributed by atoms with Crippen molar-refractivity contribution in [1.29, 1.82) is 0 Å². The second-order valence-electron chi connectivity index (χ2n) is 6.77. The zero-order chi connectivity index (χ0) is 18.6. The van der Waals surface area contributed by atoms with Crippen LogP contribution in [-0.2, 0) is 0 Å². The van der Waals surface area contributed by atoms with Crippen LogP contribution in [-0.4, -0.2) is 42.7 Å². The number of nitrogens with one attached hydrogen (secondary N) is 1. The van der Waals surface area contributed by atoms with Gasteiger partial charge in [0.2, 0.25) is 0 Å². The molecule has 4 nitrogen and oxygen atoms in total. The third kappa shape index (κ3) is 4.00. The van der Waals surface area contributed by atoms with Crippen LogP contribution in [0.15, 0.2) is 59.2 Å². The van der Waals surface area contributed by atoms with Gasteiger partial charge < -0.3 is 10.1 Å². The maximum Gasteiger partial charge on any atom is 0.124 e. The molecule has 2 heterocycles. The first-order valence-corrected chi connectivity index (χ1v) is 10.3. The van der Waals surface area contributed by atoms with E-state index in [1.54, 1.807) is 0 Å². The van der Waals surface area contributed by atoms with Crippen LogP contribution in [0.2, 0.25) is 0 Å². The molecular formula is C22H24BrN3O. The molecule has 0 aliphatic carbocycles. The Balaban J connectivity index is 1.85. The molecule has 4 rings (SSSR count). The fourth-order valence-corrected chi connectivity index (χ4v) is 4.16. The first-order valence-electron chi connectivity index (χ1n) is 9.48. The SMILES string of the molecule is CCOc1ccc(Br)cc1C(c1cnc2ccccc2c1)N1CCNCC1. The van der Waals surface area contributed by atoms with Crippen LogP contribution in [0.3, 0.4) is 0 Å². The van der Waals surface area contributed by atoms with Crippen molar-refractivity contribution in [3.63, 3.8) is 0 Å². The summed E-state index contributed by atoms with van der Waals surface area (Å²) in [7, 11) is 0. The van der Waals surface area contributed by atoms with E-state index < -0.39 is 0 Å². The highest BCUT2D eigenvalue weighted by Crippen LogP contribution is 2.37. The maximum atomic E-state index is 5.99. The molecule has 1 aliphatic heterocycles. The Morgan fingerprint density at radius 2 is 1.96 bits per heavy atom. The molecule has 1 unspecified atom stereocenters. The summed E-state index contributed by atoms with van der Waals surface area (Å²) in [4.78, 5) is 7.25. The normalized spacial score (nSPS) is 16.4. The quantitative estimate of drug-likeness (QED) is 0.657. The van der Waals surface area contributed by atoms with Gasteiger partial charge in [0.05, 0.1) is 18.2 Å². The summed E-state index contributed by atoms with van der Waals surface area (Å²) in [5, 5.41) is 4.63. The first kappa shape index (κ1) is 18.4. The Labute approximate surface area is 168 Å². The van der Waals surface area contributed by atoms with Gasteiger partial charge in [-0.3, -0.25) is 9.88 Å². The molecule has 1 saturated heterocycles. The lowest BCUT2D eigenvalue weighted by atomic mass is 9.95. The lowest BCUT2D eigenvalue weighted by Gasteiger charge is -2.36. The molecule has 140 valence electrons. The monoisotopic (exact) mass is 425 g/mol. The molecule has 1 N–H and O–H groups in total. The number of piperazine rings is 1. The van der Waals surface area contributed by atoms with Crippen molar-refractivity contribution < 1.29 is 4.74 Å². The van der Waals surface area contributed by atoms with E-state index in [9.17, 15) is 0 Å². The van der Waals surface area contributed by atoms with Crippen molar-refractivity contribution in [2.75, 3.05) is 32.8 Å². The first-order chi connectivity index (χ1) is 13.3. The van der Waals surface area contributed by atoms with Crippen LogP contribution < -0.4 is 10.1 Å². The van der Waals surface area contributed by atoms with Gasteiger partial charge in [-0.1, -0.05) is 34.1 Å². The molecule has 2 aromatic carbocycles. The van der Waals surface area contributed by atoms with Crippen LogP contribution in [0.25, 0.3) is 10.9 Å². The third-order valence-corrected chi connectivity index (χ3v) is 5.50. The van der Waals surface area contributed by atoms with E-state index >= 15 is 0 Å². The number of halogens is 1. The van der Waals surface area contributed by atoms with Gasteiger partial charge in [-0.2, -0.15) is 0 Å². The van der Waals surface area contributed by atoms with Crippen LogP contribution in [0.5, 0.6) is 5.75 Å². The van der Waals surface area contributed by atoms with Gasteiger partial charge in [0, 0.05) is 47.8 Å². The number of benzene rings is 2. The molecule has 0 saturated carbocycles. The highest BCUT2D eigenvalue weighted by Gasteiger charge is 2.27. The van der Waals surface area contributed by atoms with Crippen LogP contribution in [0.4, 0.5) is 0 Å². The smallest absolute Gasteiger partial charge is 0.124 e. The minimum atomic E-state index is 0.114. The van der Waals surface area contributed by atoms with Crippen molar-refractivity contribution >= 4 is 26.8 Å². The Morgan fingerprint density at radius 3 is 2.78 bits per heavy atom. The maximum absolute atomic E-state index is 5.99. The molecule has 1 fully saturated rings. The standard InChI is InChI=1S/C22H24BrN3O/c1-2-27-21-8-7-18(23)14-19(21)22(26-11-9-24-10-12-26)17-13-16-5-3-4-6-20(16)25-15-17/h3-8,13-15,22,24H,2,9-12H2,1H3. The number of pyridine rings is 1. The van der Waals surface area contributed by atoms with Gasteiger partial charge >= 0.3 is 0 Å². The van der Waals surface area contributed by atoms with Crippen molar-refractivity contribution in [1.82, 2.24) is 15.2 Å². The van der Waals surface area contributed by atoms with Gasteiger partial charge in [0.15, 0.2) is 0 Å². The Bertz CT molecular complexity index is 924. The van der Waals surface area contributed by atoms with Gasteiger partial charge in [-0.15, -0.1) is 0 Å². The highest BCUT2D eigenvalue weighted by atomic mass is 79.9. The molecular weight excluding hydrogens is 402 g/mol. The molecule has 1 aromatic heterocycles.